The minimum atomic E-state index is -0.122. The molecule has 142 valence electrons. The van der Waals surface area contributed by atoms with Crippen molar-refractivity contribution >= 4 is 22.5 Å². The van der Waals surface area contributed by atoms with E-state index in [0.29, 0.717) is 0 Å². The molecule has 3 aromatic rings. The highest BCUT2D eigenvalue weighted by atomic mass is 16.2. The summed E-state index contributed by atoms with van der Waals surface area (Å²) in [6.07, 6.45) is 2.10. The second-order valence-electron chi connectivity index (χ2n) is 7.20. The Morgan fingerprint density at radius 1 is 1.15 bits per heavy atom. The van der Waals surface area contributed by atoms with Gasteiger partial charge in [0, 0.05) is 43.9 Å². The number of anilines is 1. The second kappa shape index (κ2) is 8.27. The zero-order chi connectivity index (χ0) is 19.4. The molecule has 5 heteroatoms. The van der Waals surface area contributed by atoms with Crippen LogP contribution in [0.3, 0.4) is 0 Å². The molecule has 1 aromatic heterocycles. The molecule has 0 aliphatic rings. The van der Waals surface area contributed by atoms with Gasteiger partial charge in [0.2, 0.25) is 0 Å². The molecule has 0 saturated carbocycles. The van der Waals surface area contributed by atoms with Crippen molar-refractivity contribution < 1.29 is 10.1 Å². The number of para-hydroxylation sites is 1. The van der Waals surface area contributed by atoms with Crippen molar-refractivity contribution in [1.29, 1.82) is 0 Å². The van der Waals surface area contributed by atoms with Crippen molar-refractivity contribution in [2.24, 2.45) is 0 Å². The summed E-state index contributed by atoms with van der Waals surface area (Å²) in [6.45, 7) is 2.75. The Morgan fingerprint density at radius 3 is 2.52 bits per heavy atom. The number of H-pyrrole nitrogens is 1. The minimum Gasteiger partial charge on any atom is -0.378 e. The number of carbonyl (C=O) groups excluding carboxylic acids is 1. The first-order valence-electron chi connectivity index (χ1n) is 9.39. The number of likely N-dealkylation sites (N-methyl/N-ethyl adjacent to an activating group) is 1. The molecule has 4 N–H and O–H groups in total. The fourth-order valence-electron chi connectivity index (χ4n) is 3.50. The van der Waals surface area contributed by atoms with E-state index in [4.69, 9.17) is 0 Å². The summed E-state index contributed by atoms with van der Waals surface area (Å²) in [5.74, 6) is 0.250. The third-order valence-electron chi connectivity index (χ3n) is 5.19. The molecule has 1 amide bonds. The van der Waals surface area contributed by atoms with Gasteiger partial charge in [-0.15, -0.1) is 0 Å². The number of hydrogen-bond acceptors (Lipinski definition) is 2. The Balaban J connectivity index is 1.94. The van der Waals surface area contributed by atoms with Crippen LogP contribution in [-0.4, -0.2) is 44.6 Å². The van der Waals surface area contributed by atoms with Crippen LogP contribution in [0.5, 0.6) is 0 Å². The molecule has 5 nitrogen and oxygen atoms in total. The van der Waals surface area contributed by atoms with Gasteiger partial charge in [0.25, 0.3) is 5.91 Å². The van der Waals surface area contributed by atoms with Gasteiger partial charge in [-0.3, -0.25) is 4.79 Å². The zero-order valence-corrected chi connectivity index (χ0v) is 16.5. The number of fused-ring (bicyclic) bond motifs is 1. The highest BCUT2D eigenvalue weighted by Crippen LogP contribution is 2.30. The number of nitrogens with one attached hydrogen (secondary N) is 2. The molecule has 0 fully saturated rings. The molecule has 0 bridgehead atoms. The minimum absolute atomic E-state index is 0.0515. The van der Waals surface area contributed by atoms with Gasteiger partial charge < -0.3 is 20.5 Å². The number of carbonyl (C=O) groups is 1. The highest BCUT2D eigenvalue weighted by Gasteiger charge is 2.23. The summed E-state index contributed by atoms with van der Waals surface area (Å²) in [4.78, 5) is 17.4. The van der Waals surface area contributed by atoms with Crippen molar-refractivity contribution in [3.05, 3.63) is 65.9 Å². The Morgan fingerprint density at radius 2 is 1.85 bits per heavy atom. The van der Waals surface area contributed by atoms with Crippen LogP contribution in [0.4, 0.5) is 5.69 Å². The number of amides is 1. The standard InChI is InChI=1S/C22H28N4O/c1-15(22(27)23-2)24-13-19(16-9-11-17(12-10-16)26(3)4)20-14-25-21-8-6-5-7-18(20)21/h5-12,14-15,19,24-25H,13H2,1-4H3,(H,23,27)/p+1/t15-,19+/m0/s1. The molecule has 1 heterocycles. The lowest BCUT2D eigenvalue weighted by Crippen LogP contribution is -2.92. The van der Waals surface area contributed by atoms with E-state index >= 15 is 0 Å². The molecule has 27 heavy (non-hydrogen) atoms. The molecule has 3 rings (SSSR count). The van der Waals surface area contributed by atoms with Crippen LogP contribution in [0.15, 0.2) is 54.7 Å². The number of hydrogen-bond donors (Lipinski definition) is 3. The molecule has 0 aliphatic carbocycles. The van der Waals surface area contributed by atoms with Gasteiger partial charge in [-0.1, -0.05) is 30.3 Å². The van der Waals surface area contributed by atoms with Gasteiger partial charge in [-0.05, 0) is 36.2 Å². The lowest BCUT2D eigenvalue weighted by Gasteiger charge is -2.20. The first kappa shape index (κ1) is 19.0. The topological polar surface area (TPSA) is 64.7 Å². The summed E-state index contributed by atoms with van der Waals surface area (Å²) in [5.41, 5.74) is 4.84. The van der Waals surface area contributed by atoms with E-state index in [-0.39, 0.29) is 17.9 Å². The molecule has 0 aliphatic heterocycles. The first-order valence-corrected chi connectivity index (χ1v) is 9.39. The van der Waals surface area contributed by atoms with E-state index < -0.39 is 0 Å². The molecule has 0 saturated heterocycles. The van der Waals surface area contributed by atoms with Crippen molar-refractivity contribution in [3.8, 4) is 0 Å². The van der Waals surface area contributed by atoms with E-state index in [1.165, 1.54) is 22.2 Å². The van der Waals surface area contributed by atoms with Crippen LogP contribution < -0.4 is 15.5 Å². The lowest BCUT2D eigenvalue weighted by atomic mass is 9.90. The maximum Gasteiger partial charge on any atom is 0.277 e. The molecule has 2 aromatic carbocycles. The first-order chi connectivity index (χ1) is 13.0. The van der Waals surface area contributed by atoms with Crippen LogP contribution in [0.2, 0.25) is 0 Å². The number of rotatable bonds is 7. The quantitative estimate of drug-likeness (QED) is 0.600. The predicted molar refractivity (Wildman–Crippen MR) is 111 cm³/mol. The van der Waals surface area contributed by atoms with Crippen LogP contribution in [0, 0.1) is 0 Å². The van der Waals surface area contributed by atoms with Gasteiger partial charge in [-0.25, -0.2) is 0 Å². The van der Waals surface area contributed by atoms with Crippen molar-refractivity contribution in [2.45, 2.75) is 18.9 Å². The molecule has 0 spiro atoms. The summed E-state index contributed by atoms with van der Waals surface area (Å²) in [6, 6.07) is 16.9. The van der Waals surface area contributed by atoms with Crippen molar-refractivity contribution in [1.82, 2.24) is 10.3 Å². The van der Waals surface area contributed by atoms with Crippen LogP contribution in [0.1, 0.15) is 24.0 Å². The van der Waals surface area contributed by atoms with E-state index in [9.17, 15) is 4.79 Å². The molecule has 0 radical (unpaired) electrons. The maximum atomic E-state index is 11.9. The number of aromatic amines is 1. The number of benzene rings is 2. The molecule has 2 atom stereocenters. The third-order valence-corrected chi connectivity index (χ3v) is 5.19. The van der Waals surface area contributed by atoms with E-state index in [1.807, 2.05) is 27.1 Å². The summed E-state index contributed by atoms with van der Waals surface area (Å²) in [7, 11) is 5.78. The summed E-state index contributed by atoms with van der Waals surface area (Å²) < 4.78 is 0. The smallest absolute Gasteiger partial charge is 0.277 e. The van der Waals surface area contributed by atoms with E-state index in [1.54, 1.807) is 7.05 Å². The molecular weight excluding hydrogens is 336 g/mol. The Kier molecular flexibility index (Phi) is 5.81. The zero-order valence-electron chi connectivity index (χ0n) is 16.5. The molecular formula is C22H29N4O+. The van der Waals surface area contributed by atoms with Crippen molar-refractivity contribution in [3.63, 3.8) is 0 Å². The number of quaternary nitrogens is 1. The van der Waals surface area contributed by atoms with Gasteiger partial charge >= 0.3 is 0 Å². The number of aromatic nitrogens is 1. The van der Waals surface area contributed by atoms with Crippen LogP contribution in [-0.2, 0) is 4.79 Å². The second-order valence-corrected chi connectivity index (χ2v) is 7.20. The van der Waals surface area contributed by atoms with Gasteiger partial charge in [0.15, 0.2) is 6.04 Å². The SMILES string of the molecule is CNC(=O)[C@H](C)[NH2+]C[C@H](c1ccc(N(C)C)cc1)c1c[nH]c2ccccc12. The Bertz CT molecular complexity index is 898. The van der Waals surface area contributed by atoms with Gasteiger partial charge in [0.05, 0.1) is 12.5 Å². The van der Waals surface area contributed by atoms with Crippen molar-refractivity contribution in [2.75, 3.05) is 32.6 Å². The summed E-state index contributed by atoms with van der Waals surface area (Å²) >= 11 is 0. The number of nitrogens with two attached hydrogens (primary N) is 1. The average molecular weight is 366 g/mol. The fraction of sp³-hybridized carbons (Fsp3) is 0.318. The lowest BCUT2D eigenvalue weighted by molar-refractivity contribution is -0.674. The van der Waals surface area contributed by atoms with Crippen LogP contribution >= 0.6 is 0 Å². The predicted octanol–water partition coefficient (Wildman–Crippen LogP) is 2.06. The largest absolute Gasteiger partial charge is 0.378 e. The van der Waals surface area contributed by atoms with E-state index in [0.717, 1.165) is 12.1 Å². The summed E-state index contributed by atoms with van der Waals surface area (Å²) in [5, 5.41) is 6.08. The Hall–Kier alpha value is -2.79. The normalized spacial score (nSPS) is 13.3. The van der Waals surface area contributed by atoms with Crippen LogP contribution in [0.25, 0.3) is 10.9 Å². The fourth-order valence-corrected chi connectivity index (χ4v) is 3.50. The van der Waals surface area contributed by atoms with Gasteiger partial charge in [0.1, 0.15) is 0 Å². The highest BCUT2D eigenvalue weighted by molar-refractivity contribution is 5.84. The number of nitrogens with zero attached hydrogens (tertiary/aromatic N) is 1. The Labute approximate surface area is 160 Å². The average Bonchev–Trinajstić information content (AvgIpc) is 3.11. The van der Waals surface area contributed by atoms with E-state index in [2.05, 4.69) is 69.2 Å². The maximum absolute atomic E-state index is 11.9. The van der Waals surface area contributed by atoms with Gasteiger partial charge in [-0.2, -0.15) is 0 Å². The third kappa shape index (κ3) is 4.14. The monoisotopic (exact) mass is 365 g/mol. The molecule has 0 unspecified atom stereocenters.